The summed E-state index contributed by atoms with van der Waals surface area (Å²) in [6.07, 6.45) is 0. The molecule has 1 nitrogen and oxygen atoms in total. The van der Waals surface area contributed by atoms with Crippen molar-refractivity contribution in [2.45, 2.75) is 34.6 Å². The first-order valence-electron chi connectivity index (χ1n) is 4.17. The van der Waals surface area contributed by atoms with E-state index in [-0.39, 0.29) is 0 Å². The van der Waals surface area contributed by atoms with Gasteiger partial charge in [-0.3, -0.25) is 0 Å². The van der Waals surface area contributed by atoms with E-state index in [1.54, 1.807) is 0 Å². The van der Waals surface area contributed by atoms with Crippen LogP contribution in [0, 0.1) is 0 Å². The first-order valence-corrected chi connectivity index (χ1v) is 4.17. The molecule has 0 atom stereocenters. The molecule has 68 valence electrons. The maximum atomic E-state index is 2.12. The third-order valence-electron chi connectivity index (χ3n) is 1.63. The first-order chi connectivity index (χ1) is 4.91. The van der Waals surface area contributed by atoms with Gasteiger partial charge in [0.05, 0.1) is 0 Å². The second-order valence-corrected chi connectivity index (χ2v) is 3.40. The molecule has 0 aliphatic rings. The van der Waals surface area contributed by atoms with Crippen LogP contribution in [0.5, 0.6) is 0 Å². The lowest BCUT2D eigenvalue weighted by Crippen LogP contribution is -2.08. The van der Waals surface area contributed by atoms with Crippen molar-refractivity contribution in [3.63, 3.8) is 0 Å². The van der Waals surface area contributed by atoms with E-state index in [0.29, 0.717) is 0 Å². The van der Waals surface area contributed by atoms with Crippen LogP contribution in [0.15, 0.2) is 11.1 Å². The number of nitrogens with zero attached hydrogens (tertiary/aromatic N) is 1. The molecule has 0 aliphatic heterocycles. The Kier molecular flexibility index (Phi) is 9.44. The summed E-state index contributed by atoms with van der Waals surface area (Å²) >= 11 is 0. The Morgan fingerprint density at radius 2 is 1.09 bits per heavy atom. The Hall–Kier alpha value is -0.300. The van der Waals surface area contributed by atoms with E-state index in [1.165, 1.54) is 11.1 Å². The van der Waals surface area contributed by atoms with Crippen molar-refractivity contribution in [1.29, 1.82) is 0 Å². The Balaban J connectivity index is 0. The summed E-state index contributed by atoms with van der Waals surface area (Å²) in [5.41, 5.74) is 2.85. The molecule has 0 aromatic heterocycles. The van der Waals surface area contributed by atoms with E-state index in [0.717, 1.165) is 6.54 Å². The van der Waals surface area contributed by atoms with Gasteiger partial charge in [-0.2, -0.15) is 0 Å². The van der Waals surface area contributed by atoms with Crippen LogP contribution in [0.3, 0.4) is 0 Å². The minimum atomic E-state index is 1.14. The van der Waals surface area contributed by atoms with Crippen LogP contribution in [-0.2, 0) is 0 Å². The first kappa shape index (κ1) is 13.3. The van der Waals surface area contributed by atoms with Crippen LogP contribution in [-0.4, -0.2) is 25.5 Å². The summed E-state index contributed by atoms with van der Waals surface area (Å²) in [7, 11) is 4.11. The van der Waals surface area contributed by atoms with Crippen molar-refractivity contribution in [2.24, 2.45) is 0 Å². The van der Waals surface area contributed by atoms with Crippen LogP contribution in [0.25, 0.3) is 0 Å². The van der Waals surface area contributed by atoms with Gasteiger partial charge in [0.25, 0.3) is 0 Å². The fourth-order valence-electron chi connectivity index (χ4n) is 0. The molecule has 11 heavy (non-hydrogen) atoms. The molecule has 0 aliphatic carbocycles. The number of rotatable bonds is 1. The summed E-state index contributed by atoms with van der Waals surface area (Å²) in [5, 5.41) is 0. The van der Waals surface area contributed by atoms with Gasteiger partial charge in [0, 0.05) is 0 Å². The molecule has 0 bridgehead atoms. The van der Waals surface area contributed by atoms with Crippen molar-refractivity contribution in [3.8, 4) is 0 Å². The maximum Gasteiger partial charge on any atom is -0.00533 e. The van der Waals surface area contributed by atoms with Crippen molar-refractivity contribution >= 4 is 0 Å². The van der Waals surface area contributed by atoms with E-state index in [4.69, 9.17) is 0 Å². The van der Waals surface area contributed by atoms with Gasteiger partial charge in [0.1, 0.15) is 0 Å². The fraction of sp³-hybridized carbons (Fsp3) is 0.800. The van der Waals surface area contributed by atoms with Gasteiger partial charge in [0.15, 0.2) is 0 Å². The molecule has 0 heterocycles. The molecule has 0 aromatic carbocycles. The lowest BCUT2D eigenvalue weighted by molar-refractivity contribution is 0.434. The summed E-state index contributed by atoms with van der Waals surface area (Å²) in [5.74, 6) is 0. The lowest BCUT2D eigenvalue weighted by atomic mass is 10.2. The topological polar surface area (TPSA) is 3.24 Å². The zero-order chi connectivity index (χ0) is 9.44. The molecule has 0 unspecified atom stereocenters. The highest BCUT2D eigenvalue weighted by Crippen LogP contribution is 1.96. The zero-order valence-electron chi connectivity index (χ0n) is 9.15. The lowest BCUT2D eigenvalue weighted by Gasteiger charge is -2.00. The van der Waals surface area contributed by atoms with Crippen LogP contribution < -0.4 is 0 Å². The number of hydrogen-bond donors (Lipinski definition) is 0. The second-order valence-electron chi connectivity index (χ2n) is 3.40. The average Bonchev–Trinajstić information content (AvgIpc) is 1.89. The van der Waals surface area contributed by atoms with Gasteiger partial charge in [-0.05, 0) is 48.3 Å². The normalized spacial score (nSPS) is 8.73. The largest absolute Gasteiger partial charge is 0.310 e. The fourth-order valence-corrected chi connectivity index (χ4v) is 0. The van der Waals surface area contributed by atoms with Gasteiger partial charge in [-0.15, -0.1) is 0 Å². The third-order valence-corrected chi connectivity index (χ3v) is 1.63. The molecule has 0 spiro atoms. The minimum absolute atomic E-state index is 1.14. The molecule has 0 N–H and O–H groups in total. The Labute approximate surface area is 72.1 Å². The Bertz CT molecular complexity index is 94.0. The summed E-state index contributed by atoms with van der Waals surface area (Å²) in [6.45, 7) is 11.7. The van der Waals surface area contributed by atoms with E-state index in [2.05, 4.69) is 53.6 Å². The van der Waals surface area contributed by atoms with Crippen LogP contribution >= 0.6 is 0 Å². The molecular weight excluding hydrogens is 134 g/mol. The van der Waals surface area contributed by atoms with Crippen LogP contribution in [0.1, 0.15) is 34.6 Å². The van der Waals surface area contributed by atoms with Crippen molar-refractivity contribution in [2.75, 3.05) is 20.6 Å². The van der Waals surface area contributed by atoms with E-state index in [1.807, 2.05) is 0 Å². The summed E-state index contributed by atoms with van der Waals surface area (Å²) in [4.78, 5) is 2.12. The molecule has 0 amide bonds. The molecule has 0 aromatic rings. The van der Waals surface area contributed by atoms with Crippen LogP contribution in [0.2, 0.25) is 0 Å². The smallest absolute Gasteiger partial charge is 0.00533 e. The van der Waals surface area contributed by atoms with Gasteiger partial charge < -0.3 is 4.90 Å². The van der Waals surface area contributed by atoms with Crippen molar-refractivity contribution in [3.05, 3.63) is 11.1 Å². The summed E-state index contributed by atoms with van der Waals surface area (Å²) < 4.78 is 0. The monoisotopic (exact) mass is 157 g/mol. The van der Waals surface area contributed by atoms with E-state index < -0.39 is 0 Å². The van der Waals surface area contributed by atoms with Gasteiger partial charge in [-0.25, -0.2) is 0 Å². The van der Waals surface area contributed by atoms with Crippen molar-refractivity contribution in [1.82, 2.24) is 4.90 Å². The molecule has 0 fully saturated rings. The van der Waals surface area contributed by atoms with Crippen molar-refractivity contribution < 1.29 is 0 Å². The average molecular weight is 157 g/mol. The van der Waals surface area contributed by atoms with E-state index in [9.17, 15) is 0 Å². The van der Waals surface area contributed by atoms with Crippen LogP contribution in [0.4, 0.5) is 0 Å². The minimum Gasteiger partial charge on any atom is -0.310 e. The van der Waals surface area contributed by atoms with E-state index >= 15 is 0 Å². The second kappa shape index (κ2) is 7.80. The SMILES string of the molecule is CC(C)=C(C)C.CCN(C)C. The predicted octanol–water partition coefficient (Wildman–Crippen LogP) is 2.93. The quantitative estimate of drug-likeness (QED) is 0.529. The standard InChI is InChI=1S/C6H12.C4H11N/c1-5(2)6(3)4;1-4-5(2)3/h1-4H3;4H2,1-3H3. The maximum absolute atomic E-state index is 2.12. The molecule has 0 saturated heterocycles. The predicted molar refractivity (Wildman–Crippen MR) is 54.0 cm³/mol. The highest BCUT2D eigenvalue weighted by atomic mass is 15.0. The molecule has 0 rings (SSSR count). The third kappa shape index (κ3) is 17.7. The highest BCUT2D eigenvalue weighted by Gasteiger charge is 1.75. The summed E-state index contributed by atoms with van der Waals surface area (Å²) in [6, 6.07) is 0. The Morgan fingerprint density at radius 3 is 1.09 bits per heavy atom. The Morgan fingerprint density at radius 1 is 0.909 bits per heavy atom. The highest BCUT2D eigenvalue weighted by molar-refractivity contribution is 5.02. The zero-order valence-corrected chi connectivity index (χ0v) is 9.15. The van der Waals surface area contributed by atoms with Gasteiger partial charge >= 0.3 is 0 Å². The number of hydrogen-bond acceptors (Lipinski definition) is 1. The molecule has 0 saturated carbocycles. The number of allylic oxidation sites excluding steroid dienone is 2. The van der Waals surface area contributed by atoms with Gasteiger partial charge in [0.2, 0.25) is 0 Å². The molecular formula is C10H23N. The molecule has 1 heteroatoms. The molecule has 0 radical (unpaired) electrons. The van der Waals surface area contributed by atoms with Gasteiger partial charge in [-0.1, -0.05) is 18.1 Å².